The Hall–Kier alpha value is -8.58. The summed E-state index contributed by atoms with van der Waals surface area (Å²) >= 11 is 0. The topological polar surface area (TPSA) is 0 Å². The summed E-state index contributed by atoms with van der Waals surface area (Å²) < 4.78 is 0. The van der Waals surface area contributed by atoms with Crippen molar-refractivity contribution in [3.8, 4) is 44.5 Å². The molecule has 0 bridgehead atoms. The van der Waals surface area contributed by atoms with Gasteiger partial charge in [0.25, 0.3) is 0 Å². The maximum atomic E-state index is 2.41. The quantitative estimate of drug-likeness (QED) is 0.122. The van der Waals surface area contributed by atoms with E-state index >= 15 is 0 Å². The molecule has 0 spiro atoms. The monoisotopic (exact) mass is 832 g/mol. The molecular formula is C66H40. The highest BCUT2D eigenvalue weighted by atomic mass is 14.3. The number of fused-ring (bicyclic) bond motifs is 11. The van der Waals surface area contributed by atoms with Crippen LogP contribution < -0.4 is 0 Å². The summed E-state index contributed by atoms with van der Waals surface area (Å²) in [5, 5.41) is 22.7. The molecule has 0 amide bonds. The Kier molecular flexibility index (Phi) is 8.08. The first-order valence-corrected chi connectivity index (χ1v) is 23.0. The van der Waals surface area contributed by atoms with Crippen molar-refractivity contribution in [3.05, 3.63) is 243 Å². The van der Waals surface area contributed by atoms with Gasteiger partial charge in [0.1, 0.15) is 0 Å². The summed E-state index contributed by atoms with van der Waals surface area (Å²) in [7, 11) is 0. The van der Waals surface area contributed by atoms with Crippen LogP contribution in [0.1, 0.15) is 0 Å². The molecule has 0 nitrogen and oxygen atoms in total. The van der Waals surface area contributed by atoms with Crippen LogP contribution in [0.15, 0.2) is 243 Å². The van der Waals surface area contributed by atoms with E-state index in [1.54, 1.807) is 0 Å². The second kappa shape index (κ2) is 14.5. The number of benzene rings is 14. The van der Waals surface area contributed by atoms with Crippen LogP contribution >= 0.6 is 0 Å². The zero-order chi connectivity index (χ0) is 43.3. The van der Waals surface area contributed by atoms with E-state index in [0.717, 1.165) is 0 Å². The summed E-state index contributed by atoms with van der Waals surface area (Å²) in [6.45, 7) is 0. The van der Waals surface area contributed by atoms with Crippen molar-refractivity contribution < 1.29 is 0 Å². The van der Waals surface area contributed by atoms with Crippen molar-refractivity contribution in [3.63, 3.8) is 0 Å². The maximum Gasteiger partial charge on any atom is -0.00199 e. The predicted molar refractivity (Wildman–Crippen MR) is 286 cm³/mol. The van der Waals surface area contributed by atoms with Gasteiger partial charge >= 0.3 is 0 Å². The van der Waals surface area contributed by atoms with Crippen LogP contribution in [0.5, 0.6) is 0 Å². The first-order chi connectivity index (χ1) is 32.8. The molecule has 0 aromatic heterocycles. The Morgan fingerprint density at radius 2 is 0.333 bits per heavy atom. The van der Waals surface area contributed by atoms with Gasteiger partial charge in [-0.1, -0.05) is 231 Å². The first kappa shape index (κ1) is 36.9. The molecule has 0 heteroatoms. The molecule has 0 N–H and O–H groups in total. The van der Waals surface area contributed by atoms with Crippen LogP contribution in [0.4, 0.5) is 0 Å². The van der Waals surface area contributed by atoms with Crippen molar-refractivity contribution in [2.75, 3.05) is 0 Å². The minimum atomic E-state index is 1.24. The molecule has 0 radical (unpaired) electrons. The van der Waals surface area contributed by atoms with Crippen molar-refractivity contribution in [1.29, 1.82) is 0 Å². The summed E-state index contributed by atoms with van der Waals surface area (Å²) in [5.74, 6) is 0. The van der Waals surface area contributed by atoms with Gasteiger partial charge in [0, 0.05) is 0 Å². The second-order valence-electron chi connectivity index (χ2n) is 17.8. The third-order valence-corrected chi connectivity index (χ3v) is 14.4. The second-order valence-corrected chi connectivity index (χ2v) is 17.8. The van der Waals surface area contributed by atoms with Gasteiger partial charge in [0.2, 0.25) is 0 Å². The third kappa shape index (κ3) is 5.33. The van der Waals surface area contributed by atoms with Crippen LogP contribution in [-0.4, -0.2) is 0 Å². The Balaban J connectivity index is 1.05. The van der Waals surface area contributed by atoms with Crippen LogP contribution in [0, 0.1) is 0 Å². The highest BCUT2D eigenvalue weighted by molar-refractivity contribution is 6.30. The highest BCUT2D eigenvalue weighted by Crippen LogP contribution is 2.51. The lowest BCUT2D eigenvalue weighted by Crippen LogP contribution is -1.95. The molecular weight excluding hydrogens is 793 g/mol. The van der Waals surface area contributed by atoms with Crippen LogP contribution in [0.25, 0.3) is 141 Å². The minimum absolute atomic E-state index is 1.24. The van der Waals surface area contributed by atoms with Crippen LogP contribution in [0.3, 0.4) is 0 Å². The van der Waals surface area contributed by atoms with E-state index in [0.29, 0.717) is 0 Å². The van der Waals surface area contributed by atoms with E-state index in [1.807, 2.05) is 0 Å². The Bertz CT molecular complexity index is 3950. The molecule has 14 aromatic carbocycles. The average Bonchev–Trinajstić information content (AvgIpc) is 3.39. The van der Waals surface area contributed by atoms with Gasteiger partial charge < -0.3 is 0 Å². The summed E-state index contributed by atoms with van der Waals surface area (Å²) in [6.07, 6.45) is 0. The van der Waals surface area contributed by atoms with E-state index in [1.165, 1.54) is 141 Å². The van der Waals surface area contributed by atoms with Gasteiger partial charge in [-0.2, -0.15) is 0 Å². The smallest absolute Gasteiger partial charge is 0.00199 e. The number of rotatable bonds is 4. The lowest BCUT2D eigenvalue weighted by atomic mass is 9.81. The fraction of sp³-hybridized carbons (Fsp3) is 0. The maximum absolute atomic E-state index is 2.41. The van der Waals surface area contributed by atoms with Crippen molar-refractivity contribution >= 4 is 97.0 Å². The first-order valence-electron chi connectivity index (χ1n) is 23.0. The molecule has 14 aromatic rings. The molecule has 0 aliphatic heterocycles. The van der Waals surface area contributed by atoms with Crippen molar-refractivity contribution in [2.45, 2.75) is 0 Å². The Morgan fingerprint density at radius 1 is 0.136 bits per heavy atom. The molecule has 0 unspecified atom stereocenters. The molecule has 0 heterocycles. The lowest BCUT2D eigenvalue weighted by molar-refractivity contribution is 1.67. The molecule has 0 aliphatic rings. The van der Waals surface area contributed by atoms with E-state index in [4.69, 9.17) is 0 Å². The zero-order valence-corrected chi connectivity index (χ0v) is 36.1. The lowest BCUT2D eigenvalue weighted by Gasteiger charge is -2.22. The minimum Gasteiger partial charge on any atom is -0.0616 e. The predicted octanol–water partition coefficient (Wildman–Crippen LogP) is 18.7. The fourth-order valence-corrected chi connectivity index (χ4v) is 11.7. The molecule has 304 valence electrons. The molecule has 14 rings (SSSR count). The van der Waals surface area contributed by atoms with E-state index < -0.39 is 0 Å². The standard InChI is InChI=1S/C66H40/c1-3-21-43-41(19-1)39-61(49-27-9-5-23-45(43)49)65-55-33-15-11-29-51(55)63(52-30-12-16-34-56(52)65)59-37-38-60(48-26-8-7-25-47(48)59)64-53-31-13-17-35-57(53)66(58-36-18-14-32-54(58)64)62-40-42-20-2-4-22-44(42)46-24-6-10-28-50(46)62/h1-40H. The normalized spacial score (nSPS) is 11.9. The summed E-state index contributed by atoms with van der Waals surface area (Å²) in [5.41, 5.74) is 10.1. The van der Waals surface area contributed by atoms with Gasteiger partial charge in [0.05, 0.1) is 0 Å². The van der Waals surface area contributed by atoms with Gasteiger partial charge in [-0.3, -0.25) is 0 Å². The summed E-state index contributed by atoms with van der Waals surface area (Å²) in [4.78, 5) is 0. The van der Waals surface area contributed by atoms with Crippen LogP contribution in [0.2, 0.25) is 0 Å². The average molecular weight is 833 g/mol. The van der Waals surface area contributed by atoms with Gasteiger partial charge in [-0.15, -0.1) is 0 Å². The number of hydrogen-bond acceptors (Lipinski definition) is 0. The molecule has 0 aliphatic carbocycles. The molecule has 66 heavy (non-hydrogen) atoms. The van der Waals surface area contributed by atoms with Gasteiger partial charge in [-0.25, -0.2) is 0 Å². The molecule has 0 saturated carbocycles. The SMILES string of the molecule is c1ccc2c(c1)cc(-c1c3ccccc3c(-c3ccc(-c4c5ccccc5c(-c5cc6ccccc6c6ccccc56)c5ccccc45)c4ccccc34)c3ccccc13)c1ccccc12. The van der Waals surface area contributed by atoms with Crippen LogP contribution in [-0.2, 0) is 0 Å². The Labute approximate surface area is 382 Å². The number of hydrogen-bond donors (Lipinski definition) is 0. The van der Waals surface area contributed by atoms with Gasteiger partial charge in [0.15, 0.2) is 0 Å². The van der Waals surface area contributed by atoms with Gasteiger partial charge in [-0.05, 0) is 154 Å². The summed E-state index contributed by atoms with van der Waals surface area (Å²) in [6, 6.07) is 90.5. The van der Waals surface area contributed by atoms with Crippen molar-refractivity contribution in [2.24, 2.45) is 0 Å². The molecule has 0 fully saturated rings. The van der Waals surface area contributed by atoms with E-state index in [-0.39, 0.29) is 0 Å². The Morgan fingerprint density at radius 3 is 0.621 bits per heavy atom. The molecule has 0 saturated heterocycles. The van der Waals surface area contributed by atoms with E-state index in [9.17, 15) is 0 Å². The third-order valence-electron chi connectivity index (χ3n) is 14.4. The van der Waals surface area contributed by atoms with Crippen molar-refractivity contribution in [1.82, 2.24) is 0 Å². The zero-order valence-electron chi connectivity index (χ0n) is 36.1. The largest absolute Gasteiger partial charge is 0.0616 e. The molecule has 0 atom stereocenters. The van der Waals surface area contributed by atoms with E-state index in [2.05, 4.69) is 243 Å². The highest BCUT2D eigenvalue weighted by Gasteiger charge is 2.23. The fourth-order valence-electron chi connectivity index (χ4n) is 11.7.